The van der Waals surface area contributed by atoms with Crippen molar-refractivity contribution >= 4 is 28.1 Å². The number of esters is 1. The molecular weight excluding hydrogens is 488 g/mol. The van der Waals surface area contributed by atoms with Crippen LogP contribution in [0.1, 0.15) is 38.7 Å². The molecule has 1 amide bonds. The number of nitrogens with zero attached hydrogens (tertiary/aromatic N) is 2. The number of ether oxygens (including phenoxy) is 1. The van der Waals surface area contributed by atoms with Gasteiger partial charge >= 0.3 is 11.9 Å². The number of benzene rings is 1. The maximum atomic E-state index is 13.6. The van der Waals surface area contributed by atoms with Crippen LogP contribution in [0, 0.1) is 5.92 Å². The van der Waals surface area contributed by atoms with Crippen LogP contribution in [-0.2, 0) is 35.8 Å². The topological polar surface area (TPSA) is 145 Å². The number of carbonyl (C=O) groups is 3. The Bertz CT molecular complexity index is 1040. The normalized spacial score (nSPS) is 24.1. The van der Waals surface area contributed by atoms with Crippen molar-refractivity contribution in [3.63, 3.8) is 0 Å². The second-order valence-corrected chi connectivity index (χ2v) is 11.1. The summed E-state index contributed by atoms with van der Waals surface area (Å²) in [6, 6.07) is 6.36. The first kappa shape index (κ1) is 28.0. The maximum absolute atomic E-state index is 13.6. The highest BCUT2D eigenvalue weighted by Gasteiger charge is 2.51. The highest BCUT2D eigenvalue weighted by atomic mass is 32.2. The summed E-state index contributed by atoms with van der Waals surface area (Å²) in [6.07, 6.45) is 1.70. The number of fused-ring (bicyclic) bond motifs is 1. The minimum Gasteiger partial charge on any atom is -0.480 e. The molecule has 2 aliphatic heterocycles. The molecule has 0 saturated carbocycles. The van der Waals surface area contributed by atoms with Gasteiger partial charge in [0.25, 0.3) is 10.2 Å². The van der Waals surface area contributed by atoms with Crippen molar-refractivity contribution in [3.8, 4) is 0 Å². The van der Waals surface area contributed by atoms with E-state index in [1.165, 1.54) is 16.3 Å². The Morgan fingerprint density at radius 1 is 1.22 bits per heavy atom. The lowest BCUT2D eigenvalue weighted by molar-refractivity contribution is -0.152. The number of aliphatic carboxylic acids is 1. The fraction of sp³-hybridized carbons (Fsp3) is 0.625. The Kier molecular flexibility index (Phi) is 9.45. The number of carbonyl (C=O) groups excluding carboxylic acids is 2. The number of aryl methyl sites for hydroxylation is 1. The first-order valence-electron chi connectivity index (χ1n) is 12.3. The molecule has 36 heavy (non-hydrogen) atoms. The number of likely N-dealkylation sites (tertiary alicyclic amines) is 1. The largest absolute Gasteiger partial charge is 0.480 e. The van der Waals surface area contributed by atoms with Crippen LogP contribution in [0.2, 0.25) is 0 Å². The van der Waals surface area contributed by atoms with Gasteiger partial charge in [0.2, 0.25) is 5.91 Å². The molecule has 0 unspecified atom stereocenters. The Hall–Kier alpha value is -2.54. The van der Waals surface area contributed by atoms with Gasteiger partial charge in [0.1, 0.15) is 12.1 Å². The third kappa shape index (κ3) is 6.41. The zero-order valence-corrected chi connectivity index (χ0v) is 21.7. The van der Waals surface area contributed by atoms with Crippen molar-refractivity contribution in [2.24, 2.45) is 5.92 Å². The van der Waals surface area contributed by atoms with Gasteiger partial charge in [-0.3, -0.25) is 14.9 Å². The first-order chi connectivity index (χ1) is 17.1. The molecule has 0 spiro atoms. The smallest absolute Gasteiger partial charge is 0.326 e. The summed E-state index contributed by atoms with van der Waals surface area (Å²) in [5.41, 5.74) is 1.04. The number of hydrogen-bond acceptors (Lipinski definition) is 7. The molecular formula is C24H36N4O7S. The van der Waals surface area contributed by atoms with Crippen molar-refractivity contribution in [2.75, 3.05) is 26.7 Å². The molecule has 12 heteroatoms. The summed E-state index contributed by atoms with van der Waals surface area (Å²) in [5.74, 6) is -2.21. The van der Waals surface area contributed by atoms with Crippen LogP contribution in [0.3, 0.4) is 0 Å². The van der Waals surface area contributed by atoms with E-state index in [2.05, 4.69) is 10.0 Å². The van der Waals surface area contributed by atoms with Crippen LogP contribution in [0.4, 0.5) is 0 Å². The van der Waals surface area contributed by atoms with E-state index >= 15 is 0 Å². The molecule has 0 aliphatic carbocycles. The third-order valence-corrected chi connectivity index (χ3v) is 8.53. The van der Waals surface area contributed by atoms with Crippen LogP contribution in [0.5, 0.6) is 0 Å². The summed E-state index contributed by atoms with van der Waals surface area (Å²) in [6.45, 7) is 3.77. The fourth-order valence-electron chi connectivity index (χ4n) is 5.12. The number of carboxylic acids is 1. The number of amides is 1. The lowest BCUT2D eigenvalue weighted by Crippen LogP contribution is -2.59. The SMILES string of the molecule is CCOC(=O)[C@@H](CCc1ccccc1)N[C@@H](C)C(=O)N1[C@@H](C(=O)O)C[C@H]2CCN(S(=O)(=O)NC)C[C@@H]21. The molecule has 1 aromatic rings. The molecule has 11 nitrogen and oxygen atoms in total. The van der Waals surface area contributed by atoms with E-state index in [0.29, 0.717) is 19.3 Å². The maximum Gasteiger partial charge on any atom is 0.326 e. The second kappa shape index (κ2) is 12.1. The van der Waals surface area contributed by atoms with Gasteiger partial charge in [-0.2, -0.15) is 12.7 Å². The molecule has 2 aliphatic rings. The monoisotopic (exact) mass is 524 g/mol. The molecule has 0 aromatic heterocycles. The van der Waals surface area contributed by atoms with Crippen molar-refractivity contribution in [1.29, 1.82) is 0 Å². The molecule has 2 saturated heterocycles. The molecule has 200 valence electrons. The van der Waals surface area contributed by atoms with Crippen LogP contribution in [0.25, 0.3) is 0 Å². The highest BCUT2D eigenvalue weighted by Crippen LogP contribution is 2.37. The second-order valence-electron chi connectivity index (χ2n) is 9.24. The third-order valence-electron chi connectivity index (χ3n) is 7.00. The van der Waals surface area contributed by atoms with Crippen LogP contribution in [0.15, 0.2) is 30.3 Å². The minimum atomic E-state index is -3.72. The lowest BCUT2D eigenvalue weighted by Gasteiger charge is -2.39. The van der Waals surface area contributed by atoms with Crippen LogP contribution in [-0.4, -0.2) is 91.5 Å². The van der Waals surface area contributed by atoms with E-state index < -0.39 is 52.2 Å². The summed E-state index contributed by atoms with van der Waals surface area (Å²) in [4.78, 5) is 39.6. The number of piperidine rings is 1. The van der Waals surface area contributed by atoms with Gasteiger partial charge in [0.15, 0.2) is 0 Å². The lowest BCUT2D eigenvalue weighted by atomic mass is 9.92. The van der Waals surface area contributed by atoms with E-state index in [9.17, 15) is 27.9 Å². The first-order valence-corrected chi connectivity index (χ1v) is 13.7. The Balaban J connectivity index is 1.77. The number of carboxylic acid groups (broad SMARTS) is 1. The quantitative estimate of drug-likeness (QED) is 0.352. The Morgan fingerprint density at radius 3 is 2.53 bits per heavy atom. The van der Waals surface area contributed by atoms with Gasteiger partial charge in [0.05, 0.1) is 12.6 Å². The molecule has 3 N–H and O–H groups in total. The summed E-state index contributed by atoms with van der Waals surface area (Å²) in [5, 5.41) is 12.9. The predicted octanol–water partition coefficient (Wildman–Crippen LogP) is 0.369. The molecule has 0 bridgehead atoms. The Morgan fingerprint density at radius 2 is 1.92 bits per heavy atom. The zero-order valence-electron chi connectivity index (χ0n) is 20.9. The number of hydrogen-bond donors (Lipinski definition) is 3. The van der Waals surface area contributed by atoms with Crippen molar-refractivity contribution < 1.29 is 32.6 Å². The number of rotatable bonds is 11. The average Bonchev–Trinajstić information content (AvgIpc) is 3.25. The van der Waals surface area contributed by atoms with Crippen LogP contribution >= 0.6 is 0 Å². The summed E-state index contributed by atoms with van der Waals surface area (Å²) < 4.78 is 33.5. The van der Waals surface area contributed by atoms with Gasteiger partial charge in [0, 0.05) is 26.2 Å². The average molecular weight is 525 g/mol. The summed E-state index contributed by atoms with van der Waals surface area (Å²) >= 11 is 0. The van der Waals surface area contributed by atoms with Gasteiger partial charge < -0.3 is 14.7 Å². The molecule has 0 radical (unpaired) electrons. The van der Waals surface area contributed by atoms with Gasteiger partial charge in [-0.15, -0.1) is 0 Å². The van der Waals surface area contributed by atoms with E-state index in [-0.39, 0.29) is 32.0 Å². The minimum absolute atomic E-state index is 0.0192. The van der Waals surface area contributed by atoms with E-state index in [1.807, 2.05) is 30.3 Å². The van der Waals surface area contributed by atoms with Crippen LogP contribution < -0.4 is 10.0 Å². The number of nitrogens with one attached hydrogen (secondary N) is 2. The standard InChI is InChI=1S/C24H36N4O7S/c1-4-35-24(32)19(11-10-17-8-6-5-7-9-17)26-16(2)22(29)28-20(23(30)31)14-18-12-13-27(15-21(18)28)36(33,34)25-3/h5-9,16,18-21,25-26H,4,10-15H2,1-3H3,(H,30,31)/t16-,18+,19+,20+,21-/m0/s1. The van der Waals surface area contributed by atoms with Crippen molar-refractivity contribution in [1.82, 2.24) is 19.2 Å². The molecule has 3 rings (SSSR count). The van der Waals surface area contributed by atoms with E-state index in [1.54, 1.807) is 13.8 Å². The predicted molar refractivity (Wildman–Crippen MR) is 132 cm³/mol. The molecule has 1 aromatic carbocycles. The van der Waals surface area contributed by atoms with Crippen molar-refractivity contribution in [3.05, 3.63) is 35.9 Å². The molecule has 2 heterocycles. The van der Waals surface area contributed by atoms with Gasteiger partial charge in [-0.1, -0.05) is 30.3 Å². The van der Waals surface area contributed by atoms with E-state index in [4.69, 9.17) is 4.74 Å². The fourth-order valence-corrected chi connectivity index (χ4v) is 6.07. The van der Waals surface area contributed by atoms with Gasteiger partial charge in [-0.25, -0.2) is 9.52 Å². The van der Waals surface area contributed by atoms with Gasteiger partial charge in [-0.05, 0) is 51.0 Å². The highest BCUT2D eigenvalue weighted by molar-refractivity contribution is 7.87. The van der Waals surface area contributed by atoms with Crippen molar-refractivity contribution in [2.45, 2.75) is 63.7 Å². The van der Waals surface area contributed by atoms with E-state index in [0.717, 1.165) is 5.56 Å². The Labute approximate surface area is 212 Å². The molecule has 5 atom stereocenters. The zero-order chi connectivity index (χ0) is 26.5. The molecule has 2 fully saturated rings. The summed E-state index contributed by atoms with van der Waals surface area (Å²) in [7, 11) is -2.40.